The Bertz CT molecular complexity index is 546. The van der Waals surface area contributed by atoms with Crippen LogP contribution in [-0.4, -0.2) is 22.9 Å². The Hall–Kier alpha value is -1.75. The summed E-state index contributed by atoms with van der Waals surface area (Å²) >= 11 is 0. The van der Waals surface area contributed by atoms with Gasteiger partial charge in [-0.1, -0.05) is 0 Å². The summed E-state index contributed by atoms with van der Waals surface area (Å²) in [5.74, 6) is -1.07. The van der Waals surface area contributed by atoms with Crippen molar-refractivity contribution in [3.05, 3.63) is 53.4 Å². The Balaban J connectivity index is 2.04. The molecule has 0 radical (unpaired) electrons. The molecule has 1 atom stereocenters. The first-order valence-electron chi connectivity index (χ1n) is 6.74. The zero-order valence-electron chi connectivity index (χ0n) is 11.7. The molecule has 0 spiro atoms. The van der Waals surface area contributed by atoms with Gasteiger partial charge in [-0.25, -0.2) is 8.78 Å². The zero-order valence-corrected chi connectivity index (χ0v) is 11.7. The average Bonchev–Trinajstić information content (AvgIpc) is 2.84. The van der Waals surface area contributed by atoms with Gasteiger partial charge in [-0.15, -0.1) is 0 Å². The molecular weight excluding hydrogens is 260 g/mol. The molecule has 2 aromatic rings. The van der Waals surface area contributed by atoms with E-state index in [9.17, 15) is 8.78 Å². The molecule has 1 unspecified atom stereocenters. The Morgan fingerprint density at radius 2 is 1.80 bits per heavy atom. The van der Waals surface area contributed by atoms with Crippen LogP contribution >= 0.6 is 0 Å². The number of nitrogens with one attached hydrogen (secondary N) is 1. The van der Waals surface area contributed by atoms with E-state index in [0.29, 0.717) is 12.0 Å². The number of aryl methyl sites for hydroxylation is 1. The highest BCUT2D eigenvalue weighted by atomic mass is 19.1. The van der Waals surface area contributed by atoms with Gasteiger partial charge in [-0.3, -0.25) is 4.68 Å². The second-order valence-electron chi connectivity index (χ2n) is 4.88. The van der Waals surface area contributed by atoms with Crippen molar-refractivity contribution in [2.24, 2.45) is 0 Å². The molecule has 0 aliphatic rings. The summed E-state index contributed by atoms with van der Waals surface area (Å²) in [6, 6.07) is 3.76. The normalized spacial score (nSPS) is 12.6. The number of hydrogen-bond donors (Lipinski definition) is 1. The summed E-state index contributed by atoms with van der Waals surface area (Å²) in [4.78, 5) is 0. The molecule has 108 valence electrons. The van der Waals surface area contributed by atoms with Gasteiger partial charge in [-0.2, -0.15) is 5.10 Å². The van der Waals surface area contributed by atoms with Crippen LogP contribution in [0, 0.1) is 11.6 Å². The van der Waals surface area contributed by atoms with E-state index in [-0.39, 0.29) is 6.04 Å². The lowest BCUT2D eigenvalue weighted by Gasteiger charge is -2.15. The minimum absolute atomic E-state index is 0.116. The lowest BCUT2D eigenvalue weighted by atomic mass is 10.0. The number of hydrogen-bond acceptors (Lipinski definition) is 2. The summed E-state index contributed by atoms with van der Waals surface area (Å²) in [6.45, 7) is 2.86. The topological polar surface area (TPSA) is 29.9 Å². The van der Waals surface area contributed by atoms with Crippen LogP contribution in [0.5, 0.6) is 0 Å². The average molecular weight is 279 g/mol. The minimum atomic E-state index is -0.534. The van der Waals surface area contributed by atoms with E-state index in [4.69, 9.17) is 0 Å². The van der Waals surface area contributed by atoms with E-state index >= 15 is 0 Å². The lowest BCUT2D eigenvalue weighted by molar-refractivity contribution is 0.543. The van der Waals surface area contributed by atoms with E-state index in [1.165, 1.54) is 12.1 Å². The summed E-state index contributed by atoms with van der Waals surface area (Å²) < 4.78 is 28.2. The van der Waals surface area contributed by atoms with Crippen LogP contribution in [0.4, 0.5) is 8.78 Å². The van der Waals surface area contributed by atoms with E-state index < -0.39 is 11.6 Å². The first kappa shape index (κ1) is 14.7. The number of benzene rings is 1. The molecule has 0 saturated heterocycles. The molecule has 0 bridgehead atoms. The van der Waals surface area contributed by atoms with Crippen molar-refractivity contribution in [1.29, 1.82) is 0 Å². The third-order valence-electron chi connectivity index (χ3n) is 3.31. The maximum absolute atomic E-state index is 13.2. The van der Waals surface area contributed by atoms with Crippen molar-refractivity contribution in [2.75, 3.05) is 7.05 Å². The molecule has 0 fully saturated rings. The molecule has 1 N–H and O–H groups in total. The van der Waals surface area contributed by atoms with Crippen molar-refractivity contribution < 1.29 is 8.78 Å². The molecule has 5 heteroatoms. The Morgan fingerprint density at radius 1 is 1.15 bits per heavy atom. The van der Waals surface area contributed by atoms with Gasteiger partial charge in [0.2, 0.25) is 0 Å². The molecule has 1 heterocycles. The van der Waals surface area contributed by atoms with Gasteiger partial charge in [0.25, 0.3) is 0 Å². The Morgan fingerprint density at radius 3 is 2.35 bits per heavy atom. The summed E-state index contributed by atoms with van der Waals surface area (Å²) in [6.07, 6.45) is 5.17. The van der Waals surface area contributed by atoms with Crippen molar-refractivity contribution >= 4 is 0 Å². The monoisotopic (exact) mass is 279 g/mol. The van der Waals surface area contributed by atoms with Crippen molar-refractivity contribution in [1.82, 2.24) is 15.1 Å². The van der Waals surface area contributed by atoms with Gasteiger partial charge in [0.05, 0.1) is 6.20 Å². The van der Waals surface area contributed by atoms with Gasteiger partial charge >= 0.3 is 0 Å². The van der Waals surface area contributed by atoms with Crippen LogP contribution in [0.25, 0.3) is 0 Å². The largest absolute Gasteiger partial charge is 0.316 e. The van der Waals surface area contributed by atoms with Crippen molar-refractivity contribution in [2.45, 2.75) is 32.4 Å². The molecule has 3 nitrogen and oxygen atoms in total. The van der Waals surface area contributed by atoms with Crippen LogP contribution in [0.2, 0.25) is 0 Å². The first-order valence-corrected chi connectivity index (χ1v) is 6.74. The molecule has 0 saturated carbocycles. The Labute approximate surface area is 117 Å². The molecule has 1 aromatic heterocycles. The molecule has 0 aliphatic carbocycles. The van der Waals surface area contributed by atoms with Gasteiger partial charge in [0.15, 0.2) is 0 Å². The summed E-state index contributed by atoms with van der Waals surface area (Å²) in [5, 5.41) is 7.41. The van der Waals surface area contributed by atoms with Gasteiger partial charge < -0.3 is 5.32 Å². The smallest absolute Gasteiger partial charge is 0.126 e. The SMILES string of the molecule is CCn1cc(CC(Cc2cc(F)cc(F)c2)NC)cn1. The molecule has 20 heavy (non-hydrogen) atoms. The van der Waals surface area contributed by atoms with Crippen LogP contribution in [0.3, 0.4) is 0 Å². The predicted molar refractivity (Wildman–Crippen MR) is 74.5 cm³/mol. The fourth-order valence-corrected chi connectivity index (χ4v) is 2.26. The molecule has 0 aliphatic heterocycles. The fraction of sp³-hybridized carbons (Fsp3) is 0.400. The predicted octanol–water partition coefficient (Wildman–Crippen LogP) is 2.55. The summed E-state index contributed by atoms with van der Waals surface area (Å²) in [5.41, 5.74) is 1.77. The number of rotatable bonds is 6. The number of halogens is 2. The number of aromatic nitrogens is 2. The second kappa shape index (κ2) is 6.61. The quantitative estimate of drug-likeness (QED) is 0.880. The molecule has 2 rings (SSSR count). The first-order chi connectivity index (χ1) is 9.60. The number of nitrogens with zero attached hydrogens (tertiary/aromatic N) is 2. The van der Waals surface area contributed by atoms with Crippen LogP contribution in [-0.2, 0) is 19.4 Å². The highest BCUT2D eigenvalue weighted by Crippen LogP contribution is 2.12. The van der Waals surface area contributed by atoms with Gasteiger partial charge in [0, 0.05) is 24.8 Å². The maximum atomic E-state index is 13.2. The van der Waals surface area contributed by atoms with E-state index in [2.05, 4.69) is 10.4 Å². The van der Waals surface area contributed by atoms with E-state index in [1.54, 1.807) is 0 Å². The maximum Gasteiger partial charge on any atom is 0.126 e. The Kier molecular flexibility index (Phi) is 4.84. The van der Waals surface area contributed by atoms with Crippen LogP contribution < -0.4 is 5.32 Å². The zero-order chi connectivity index (χ0) is 14.5. The van der Waals surface area contributed by atoms with E-state index in [1.807, 2.05) is 31.0 Å². The molecule has 1 aromatic carbocycles. The van der Waals surface area contributed by atoms with Crippen LogP contribution in [0.15, 0.2) is 30.6 Å². The van der Waals surface area contributed by atoms with Crippen molar-refractivity contribution in [3.8, 4) is 0 Å². The van der Waals surface area contributed by atoms with Gasteiger partial charge in [-0.05, 0) is 50.1 Å². The highest BCUT2D eigenvalue weighted by Gasteiger charge is 2.11. The fourth-order valence-electron chi connectivity index (χ4n) is 2.26. The van der Waals surface area contributed by atoms with Crippen molar-refractivity contribution in [3.63, 3.8) is 0 Å². The van der Waals surface area contributed by atoms with Gasteiger partial charge in [0.1, 0.15) is 11.6 Å². The summed E-state index contributed by atoms with van der Waals surface area (Å²) in [7, 11) is 1.85. The third kappa shape index (κ3) is 3.87. The lowest BCUT2D eigenvalue weighted by Crippen LogP contribution is -2.29. The standard InChI is InChI=1S/C15H19F2N3/c1-3-20-10-12(9-19-20)7-15(18-2)6-11-4-13(16)8-14(17)5-11/h4-5,8-10,15,18H,3,6-7H2,1-2H3. The third-order valence-corrected chi connectivity index (χ3v) is 3.31. The van der Waals surface area contributed by atoms with E-state index in [0.717, 1.165) is 24.6 Å². The second-order valence-corrected chi connectivity index (χ2v) is 4.88. The minimum Gasteiger partial charge on any atom is -0.316 e. The molecule has 0 amide bonds. The number of likely N-dealkylation sites (N-methyl/N-ethyl adjacent to an activating group) is 1. The highest BCUT2D eigenvalue weighted by molar-refractivity contribution is 5.20. The van der Waals surface area contributed by atoms with Crippen LogP contribution in [0.1, 0.15) is 18.1 Å². The molecular formula is C15H19F2N3.